The van der Waals surface area contributed by atoms with Crippen LogP contribution in [0.4, 0.5) is 10.2 Å². The fourth-order valence-electron chi connectivity index (χ4n) is 0.582. The Hall–Kier alpha value is -1.72. The number of nitrogens with zero attached hydrogens (tertiary/aromatic N) is 1. The Kier molecular flexibility index (Phi) is 1.67. The van der Waals surface area contributed by atoms with E-state index in [9.17, 15) is 19.3 Å². The van der Waals surface area contributed by atoms with Crippen LogP contribution in [0.3, 0.4) is 0 Å². The average molecular weight is 158 g/mol. The molecule has 0 spiro atoms. The van der Waals surface area contributed by atoms with E-state index < -0.39 is 22.0 Å². The molecular weight excluding hydrogens is 155 g/mol. The van der Waals surface area contributed by atoms with E-state index >= 15 is 0 Å². The van der Waals surface area contributed by atoms with Crippen LogP contribution in [0.5, 0.6) is 0 Å². The maximum Gasteiger partial charge on any atom is 0.360 e. The fraction of sp³-hybridized carbons (Fsp3) is 0. The Morgan fingerprint density at radius 1 is 1.64 bits per heavy atom. The molecule has 58 valence electrons. The summed E-state index contributed by atoms with van der Waals surface area (Å²) in [6.45, 7) is 0. The average Bonchev–Trinajstić information content (AvgIpc) is 1.94. The van der Waals surface area contributed by atoms with Gasteiger partial charge in [0, 0.05) is 6.07 Å². The number of aromatic nitrogens is 1. The summed E-state index contributed by atoms with van der Waals surface area (Å²) in [7, 11) is 0. The van der Waals surface area contributed by atoms with E-state index in [-0.39, 0.29) is 0 Å². The largest absolute Gasteiger partial charge is 0.360 e. The quantitative estimate of drug-likeness (QED) is 0.475. The molecule has 1 heterocycles. The number of hydrogen-bond acceptors (Lipinski definition) is 3. The number of pyridine rings is 1. The molecule has 0 bridgehead atoms. The second kappa shape index (κ2) is 2.49. The standard InChI is InChI=1S/C5H3FN2O3/c6-4-3(9)1-2-7-5(4)8(10)11/h1-2H,(H,7,9). The molecule has 0 unspecified atom stereocenters. The predicted octanol–water partition coefficient (Wildman–Crippen LogP) is 0.422. The van der Waals surface area contributed by atoms with E-state index in [0.717, 1.165) is 12.3 Å². The van der Waals surface area contributed by atoms with Gasteiger partial charge in [-0.15, -0.1) is 0 Å². The summed E-state index contributed by atoms with van der Waals surface area (Å²) < 4.78 is 12.5. The van der Waals surface area contributed by atoms with E-state index in [4.69, 9.17) is 0 Å². The highest BCUT2D eigenvalue weighted by Crippen LogP contribution is 2.06. The number of rotatable bonds is 1. The first-order chi connectivity index (χ1) is 5.13. The summed E-state index contributed by atoms with van der Waals surface area (Å²) >= 11 is 0. The molecule has 0 fully saturated rings. The lowest BCUT2D eigenvalue weighted by atomic mass is 10.4. The van der Waals surface area contributed by atoms with Crippen molar-refractivity contribution in [2.45, 2.75) is 0 Å². The van der Waals surface area contributed by atoms with Crippen LogP contribution in [0.2, 0.25) is 0 Å². The molecule has 5 nitrogen and oxygen atoms in total. The number of nitro groups is 1. The van der Waals surface area contributed by atoms with Crippen molar-refractivity contribution in [3.05, 3.63) is 38.4 Å². The van der Waals surface area contributed by atoms with Crippen LogP contribution >= 0.6 is 0 Å². The third kappa shape index (κ3) is 1.23. The highest BCUT2D eigenvalue weighted by Gasteiger charge is 2.14. The molecule has 1 N–H and O–H groups in total. The first-order valence-electron chi connectivity index (χ1n) is 2.64. The molecule has 0 aliphatic rings. The van der Waals surface area contributed by atoms with Crippen LogP contribution in [0.1, 0.15) is 0 Å². The van der Waals surface area contributed by atoms with E-state index in [1.54, 1.807) is 0 Å². The van der Waals surface area contributed by atoms with Gasteiger partial charge in [0.2, 0.25) is 5.43 Å². The fourth-order valence-corrected chi connectivity index (χ4v) is 0.582. The summed E-state index contributed by atoms with van der Waals surface area (Å²) in [5.41, 5.74) is -0.990. The Bertz CT molecular complexity index is 346. The smallest absolute Gasteiger partial charge is 0.358 e. The molecule has 0 aromatic carbocycles. The van der Waals surface area contributed by atoms with Gasteiger partial charge in [0.25, 0.3) is 5.82 Å². The number of nitrogens with one attached hydrogen (secondary N) is 1. The molecule has 11 heavy (non-hydrogen) atoms. The topological polar surface area (TPSA) is 76.0 Å². The second-order valence-corrected chi connectivity index (χ2v) is 1.76. The minimum absolute atomic E-state index is 0.877. The molecule has 6 heteroatoms. The first kappa shape index (κ1) is 7.39. The van der Waals surface area contributed by atoms with Crippen molar-refractivity contribution < 1.29 is 9.31 Å². The van der Waals surface area contributed by atoms with Gasteiger partial charge in [-0.25, -0.2) is 4.98 Å². The Balaban J connectivity index is 3.39. The van der Waals surface area contributed by atoms with Crippen molar-refractivity contribution in [1.29, 1.82) is 0 Å². The highest BCUT2D eigenvalue weighted by molar-refractivity contribution is 5.19. The van der Waals surface area contributed by atoms with E-state index in [1.165, 1.54) is 0 Å². The molecule has 0 aliphatic heterocycles. The van der Waals surface area contributed by atoms with Crippen LogP contribution in [-0.2, 0) is 0 Å². The zero-order chi connectivity index (χ0) is 8.43. The molecule has 0 saturated carbocycles. The van der Waals surface area contributed by atoms with Gasteiger partial charge in [0.15, 0.2) is 0 Å². The molecule has 1 rings (SSSR count). The van der Waals surface area contributed by atoms with Crippen LogP contribution in [0, 0.1) is 15.9 Å². The number of aromatic amines is 1. The van der Waals surface area contributed by atoms with Gasteiger partial charge in [-0.05, 0) is 4.92 Å². The SMILES string of the molecule is O=c1cc[nH]c([N+](=O)[O-])c1F. The van der Waals surface area contributed by atoms with Crippen molar-refractivity contribution in [3.8, 4) is 0 Å². The molecular formula is C5H3FN2O3. The third-order valence-electron chi connectivity index (χ3n) is 1.06. The Morgan fingerprint density at radius 2 is 2.27 bits per heavy atom. The van der Waals surface area contributed by atoms with E-state index in [0.29, 0.717) is 0 Å². The number of halogens is 1. The van der Waals surface area contributed by atoms with Crippen molar-refractivity contribution in [2.24, 2.45) is 0 Å². The first-order valence-corrected chi connectivity index (χ1v) is 2.64. The minimum Gasteiger partial charge on any atom is -0.358 e. The molecule has 0 radical (unpaired) electrons. The van der Waals surface area contributed by atoms with Crippen LogP contribution in [-0.4, -0.2) is 9.91 Å². The van der Waals surface area contributed by atoms with Crippen molar-refractivity contribution in [3.63, 3.8) is 0 Å². The number of hydrogen-bond donors (Lipinski definition) is 1. The minimum atomic E-state index is -1.36. The number of H-pyrrole nitrogens is 1. The van der Waals surface area contributed by atoms with Gasteiger partial charge in [0.05, 0.1) is 6.20 Å². The zero-order valence-corrected chi connectivity index (χ0v) is 5.20. The van der Waals surface area contributed by atoms with Gasteiger partial charge < -0.3 is 10.1 Å². The van der Waals surface area contributed by atoms with Crippen molar-refractivity contribution in [1.82, 2.24) is 4.98 Å². The summed E-state index contributed by atoms with van der Waals surface area (Å²) in [6.07, 6.45) is 1.02. The van der Waals surface area contributed by atoms with Crippen molar-refractivity contribution >= 4 is 5.82 Å². The molecule has 0 saturated heterocycles. The van der Waals surface area contributed by atoms with Gasteiger partial charge in [-0.1, -0.05) is 0 Å². The molecule has 1 aromatic rings. The van der Waals surface area contributed by atoms with E-state index in [2.05, 4.69) is 0 Å². The zero-order valence-electron chi connectivity index (χ0n) is 5.20. The second-order valence-electron chi connectivity index (χ2n) is 1.76. The van der Waals surface area contributed by atoms with Crippen molar-refractivity contribution in [2.75, 3.05) is 0 Å². The van der Waals surface area contributed by atoms with Gasteiger partial charge in [-0.3, -0.25) is 4.79 Å². The summed E-state index contributed by atoms with van der Waals surface area (Å²) in [6, 6.07) is 0.877. The monoisotopic (exact) mass is 158 g/mol. The maximum atomic E-state index is 12.5. The molecule has 0 atom stereocenters. The highest BCUT2D eigenvalue weighted by atomic mass is 19.1. The van der Waals surface area contributed by atoms with Gasteiger partial charge in [0.1, 0.15) is 0 Å². The van der Waals surface area contributed by atoms with Gasteiger partial charge in [-0.2, -0.15) is 4.39 Å². The normalized spacial score (nSPS) is 9.55. The summed E-state index contributed by atoms with van der Waals surface area (Å²) in [4.78, 5) is 21.4. The summed E-state index contributed by atoms with van der Waals surface area (Å²) in [5.74, 6) is -2.27. The lowest BCUT2D eigenvalue weighted by molar-refractivity contribution is -0.392. The summed E-state index contributed by atoms with van der Waals surface area (Å²) in [5, 5.41) is 9.97. The Labute approximate surface area is 59.6 Å². The van der Waals surface area contributed by atoms with E-state index in [1.807, 2.05) is 4.98 Å². The van der Waals surface area contributed by atoms with Crippen LogP contribution in [0.15, 0.2) is 17.1 Å². The lowest BCUT2D eigenvalue weighted by Crippen LogP contribution is -2.09. The maximum absolute atomic E-state index is 12.5. The molecule has 0 aliphatic carbocycles. The predicted molar refractivity (Wildman–Crippen MR) is 33.7 cm³/mol. The molecule has 0 amide bonds. The lowest BCUT2D eigenvalue weighted by Gasteiger charge is -1.92. The van der Waals surface area contributed by atoms with Crippen LogP contribution in [0.25, 0.3) is 0 Å². The third-order valence-corrected chi connectivity index (χ3v) is 1.06. The van der Waals surface area contributed by atoms with Crippen LogP contribution < -0.4 is 5.43 Å². The Morgan fingerprint density at radius 3 is 2.73 bits per heavy atom. The molecule has 1 aromatic heterocycles. The van der Waals surface area contributed by atoms with Gasteiger partial charge >= 0.3 is 5.82 Å².